The Morgan fingerprint density at radius 2 is 1.77 bits per heavy atom. The van der Waals surface area contributed by atoms with E-state index in [1.54, 1.807) is 24.7 Å². The molecule has 6 rings (SSSR count). The Hall–Kier alpha value is -4.97. The number of fused-ring (bicyclic) bond motifs is 3. The van der Waals surface area contributed by atoms with E-state index < -0.39 is 6.36 Å². The highest BCUT2D eigenvalue weighted by Gasteiger charge is 2.31. The lowest BCUT2D eigenvalue weighted by atomic mass is 10.1. The highest BCUT2D eigenvalue weighted by atomic mass is 32.2. The van der Waals surface area contributed by atoms with Gasteiger partial charge in [-0.2, -0.15) is 10.1 Å². The maximum Gasteiger partial charge on any atom is 0.573 e. The Kier molecular flexibility index (Phi) is 7.68. The van der Waals surface area contributed by atoms with Crippen molar-refractivity contribution in [1.82, 2.24) is 9.55 Å². The van der Waals surface area contributed by atoms with Crippen molar-refractivity contribution in [3.63, 3.8) is 0 Å². The van der Waals surface area contributed by atoms with Crippen molar-refractivity contribution in [3.05, 3.63) is 95.8 Å². The van der Waals surface area contributed by atoms with Gasteiger partial charge in [0.1, 0.15) is 17.9 Å². The first-order valence-corrected chi connectivity index (χ1v) is 14.5. The Labute approximate surface area is 254 Å². The van der Waals surface area contributed by atoms with Gasteiger partial charge < -0.3 is 4.74 Å². The third-order valence-electron chi connectivity index (χ3n) is 6.98. The number of para-hydroxylation sites is 1. The molecule has 4 aromatic carbocycles. The molecule has 2 heterocycles. The summed E-state index contributed by atoms with van der Waals surface area (Å²) in [5.74, 6) is 0.564. The highest BCUT2D eigenvalue weighted by molar-refractivity contribution is 8.15. The third-order valence-corrected chi connectivity index (χ3v) is 7.91. The maximum atomic E-state index is 12.5. The van der Waals surface area contributed by atoms with E-state index in [4.69, 9.17) is 0 Å². The first kappa shape index (κ1) is 29.1. The van der Waals surface area contributed by atoms with E-state index in [1.807, 2.05) is 71.8 Å². The van der Waals surface area contributed by atoms with Gasteiger partial charge in [-0.05, 0) is 72.3 Å². The zero-order valence-corrected chi connectivity index (χ0v) is 24.6. The number of ether oxygens (including phenoxy) is 1. The first-order valence-electron chi connectivity index (χ1n) is 13.5. The van der Waals surface area contributed by atoms with Crippen molar-refractivity contribution in [3.8, 4) is 11.4 Å². The molecular weight excluding hydrogens is 589 g/mol. The summed E-state index contributed by atoms with van der Waals surface area (Å²) in [5, 5.41) is 11.4. The molecule has 44 heavy (non-hydrogen) atoms. The lowest BCUT2D eigenvalue weighted by Gasteiger charge is -2.22. The summed E-state index contributed by atoms with van der Waals surface area (Å²) < 4.78 is 43.4. The van der Waals surface area contributed by atoms with Crippen molar-refractivity contribution >= 4 is 62.4 Å². The summed E-state index contributed by atoms with van der Waals surface area (Å²) in [5.41, 5.74) is 6.06. The smallest absolute Gasteiger partial charge is 0.406 e. The van der Waals surface area contributed by atoms with Crippen LogP contribution in [0.1, 0.15) is 23.6 Å². The minimum absolute atomic E-state index is 0.273. The van der Waals surface area contributed by atoms with E-state index in [-0.39, 0.29) is 11.7 Å². The van der Waals surface area contributed by atoms with E-state index in [2.05, 4.69) is 24.9 Å². The number of aryl methyl sites for hydroxylation is 2. The molecule has 12 heteroatoms. The van der Waals surface area contributed by atoms with Crippen LogP contribution in [0, 0.1) is 13.8 Å². The summed E-state index contributed by atoms with van der Waals surface area (Å²) in [7, 11) is 0. The number of nitrogens with zero attached hydrogens (tertiary/aromatic N) is 6. The number of hydrogen-bond acceptors (Lipinski definition) is 6. The first-order chi connectivity index (χ1) is 21.1. The molecule has 0 N–H and O–H groups in total. The predicted octanol–water partition coefficient (Wildman–Crippen LogP) is 7.58. The van der Waals surface area contributed by atoms with Crippen LogP contribution in [0.4, 0.5) is 18.9 Å². The minimum atomic E-state index is -4.75. The summed E-state index contributed by atoms with van der Waals surface area (Å²) in [6.45, 7) is 5.45. The molecule has 1 aliphatic heterocycles. The van der Waals surface area contributed by atoms with Gasteiger partial charge in [0.15, 0.2) is 5.17 Å². The van der Waals surface area contributed by atoms with Crippen LogP contribution >= 0.6 is 11.8 Å². The fourth-order valence-electron chi connectivity index (χ4n) is 5.16. The number of aliphatic imine (C=N–C) groups is 1. The Balaban J connectivity index is 1.27. The molecular formula is C32H25F3N6O2S. The van der Waals surface area contributed by atoms with Gasteiger partial charge in [-0.15, -0.1) is 18.3 Å². The Bertz CT molecular complexity index is 1980. The Morgan fingerprint density at radius 1 is 1.02 bits per heavy atom. The van der Waals surface area contributed by atoms with E-state index in [9.17, 15) is 18.0 Å². The van der Waals surface area contributed by atoms with Gasteiger partial charge in [-0.25, -0.2) is 4.98 Å². The molecule has 8 nitrogen and oxygen atoms in total. The van der Waals surface area contributed by atoms with E-state index in [1.165, 1.54) is 30.8 Å². The molecule has 1 aromatic heterocycles. The topological polar surface area (TPSA) is 84.4 Å². The minimum Gasteiger partial charge on any atom is -0.406 e. The van der Waals surface area contributed by atoms with Crippen LogP contribution in [-0.4, -0.2) is 44.8 Å². The Morgan fingerprint density at radius 3 is 2.48 bits per heavy atom. The van der Waals surface area contributed by atoms with Crippen LogP contribution in [-0.2, 0) is 4.79 Å². The van der Waals surface area contributed by atoms with Crippen LogP contribution in [0.15, 0.2) is 94.3 Å². The van der Waals surface area contributed by atoms with Gasteiger partial charge in [0.05, 0.1) is 28.7 Å². The number of benzene rings is 4. The lowest BCUT2D eigenvalue weighted by Crippen LogP contribution is -2.31. The van der Waals surface area contributed by atoms with Crippen molar-refractivity contribution in [2.75, 3.05) is 10.7 Å². The summed E-state index contributed by atoms with van der Waals surface area (Å²) >= 11 is 1.47. The molecule has 1 fully saturated rings. The largest absolute Gasteiger partial charge is 0.573 e. The fourth-order valence-corrected chi connectivity index (χ4v) is 6.04. The van der Waals surface area contributed by atoms with Crippen molar-refractivity contribution in [1.29, 1.82) is 0 Å². The van der Waals surface area contributed by atoms with Crippen LogP contribution in [0.3, 0.4) is 0 Å². The average Bonchev–Trinajstić information content (AvgIpc) is 3.57. The van der Waals surface area contributed by atoms with Gasteiger partial charge in [0.25, 0.3) is 0 Å². The van der Waals surface area contributed by atoms with Crippen LogP contribution in [0.2, 0.25) is 0 Å². The standard InChI is InChI=1S/C32H25F3N6O2S/c1-19-5-4-6-20(2)30(19)41-28(38-21(3)42)17-44-31(41)39-37-16-22-7-13-26-23(15-22)8-14-27-29(26)36-18-40(27)24-9-11-25(12-10-24)43-32(33,34)35/h4-16,18H,17H2,1-3H3/b37-16-,38-28?,39-31+. The zero-order chi connectivity index (χ0) is 31.0. The maximum absolute atomic E-state index is 12.5. The van der Waals surface area contributed by atoms with Gasteiger partial charge in [0.2, 0.25) is 5.91 Å². The molecule has 1 amide bonds. The number of aromatic nitrogens is 2. The second-order valence-electron chi connectivity index (χ2n) is 10.1. The van der Waals surface area contributed by atoms with Gasteiger partial charge >= 0.3 is 6.36 Å². The number of amidine groups is 2. The summed E-state index contributed by atoms with van der Waals surface area (Å²) in [6.07, 6.45) is -1.44. The molecule has 1 saturated heterocycles. The average molecular weight is 615 g/mol. The van der Waals surface area contributed by atoms with Crippen molar-refractivity contribution in [2.24, 2.45) is 15.2 Å². The van der Waals surface area contributed by atoms with Crippen LogP contribution < -0.4 is 9.64 Å². The number of alkyl halides is 3. The predicted molar refractivity (Wildman–Crippen MR) is 169 cm³/mol. The lowest BCUT2D eigenvalue weighted by molar-refractivity contribution is -0.274. The van der Waals surface area contributed by atoms with Crippen molar-refractivity contribution in [2.45, 2.75) is 27.1 Å². The molecule has 0 spiro atoms. The van der Waals surface area contributed by atoms with Crippen LogP contribution in [0.5, 0.6) is 5.75 Å². The fraction of sp³-hybridized carbons (Fsp3) is 0.156. The van der Waals surface area contributed by atoms with E-state index in [0.29, 0.717) is 22.4 Å². The number of hydrogen-bond donors (Lipinski definition) is 0. The summed E-state index contributed by atoms with van der Waals surface area (Å²) in [6, 6.07) is 21.4. The number of anilines is 1. The highest BCUT2D eigenvalue weighted by Crippen LogP contribution is 2.33. The number of rotatable bonds is 5. The number of halogens is 3. The number of imidazole rings is 1. The number of thioether (sulfide) groups is 1. The van der Waals surface area contributed by atoms with E-state index >= 15 is 0 Å². The molecule has 0 atom stereocenters. The second-order valence-corrected chi connectivity index (χ2v) is 11.1. The molecule has 1 aliphatic rings. The molecule has 222 valence electrons. The molecule has 0 bridgehead atoms. The van der Waals surface area contributed by atoms with E-state index in [0.717, 1.165) is 44.2 Å². The third kappa shape index (κ3) is 5.93. The van der Waals surface area contributed by atoms with Gasteiger partial charge in [0, 0.05) is 18.0 Å². The molecule has 0 aliphatic carbocycles. The quantitative estimate of drug-likeness (QED) is 0.151. The second kappa shape index (κ2) is 11.6. The number of carbonyl (C=O) groups is 1. The normalized spacial score (nSPS) is 15.8. The summed E-state index contributed by atoms with van der Waals surface area (Å²) in [4.78, 5) is 22.5. The molecule has 0 unspecified atom stereocenters. The number of amides is 1. The SMILES string of the molecule is CC(=O)N=C1CS/C(=N/N=C\c2ccc3c(ccc4c3ncn4-c3ccc(OC(F)(F)F)cc3)c2)N1c1c(C)cccc1C. The molecule has 0 radical (unpaired) electrons. The zero-order valence-electron chi connectivity index (χ0n) is 23.8. The van der Waals surface area contributed by atoms with Crippen molar-refractivity contribution < 1.29 is 22.7 Å². The monoisotopic (exact) mass is 614 g/mol. The van der Waals surface area contributed by atoms with Crippen LogP contribution in [0.25, 0.3) is 27.5 Å². The van der Waals surface area contributed by atoms with Gasteiger partial charge in [-0.1, -0.05) is 48.2 Å². The molecule has 0 saturated carbocycles. The number of carbonyl (C=O) groups excluding carboxylic acids is 1. The molecule has 5 aromatic rings. The van der Waals surface area contributed by atoms with Gasteiger partial charge in [-0.3, -0.25) is 14.3 Å².